The first kappa shape index (κ1) is 40.2. The summed E-state index contributed by atoms with van der Waals surface area (Å²) in [6.45, 7) is 23.3. The van der Waals surface area contributed by atoms with Crippen LogP contribution in [0.1, 0.15) is 131 Å². The summed E-state index contributed by atoms with van der Waals surface area (Å²) in [5.41, 5.74) is 6.61. The zero-order chi connectivity index (χ0) is 40.2. The number of nitrogens with zero attached hydrogens (tertiary/aromatic N) is 1. The van der Waals surface area contributed by atoms with Crippen LogP contribution in [0.2, 0.25) is 0 Å². The van der Waals surface area contributed by atoms with Crippen molar-refractivity contribution in [2.75, 3.05) is 25.4 Å². The summed E-state index contributed by atoms with van der Waals surface area (Å²) in [4.78, 5) is 15.6. The van der Waals surface area contributed by atoms with E-state index in [0.29, 0.717) is 52.8 Å². The van der Waals surface area contributed by atoms with Crippen molar-refractivity contribution in [1.29, 1.82) is 0 Å². The fraction of sp³-hybridized carbons (Fsp3) is 0.740. The number of allylic oxidation sites excluding steroid dienone is 5. The second kappa shape index (κ2) is 14.2. The van der Waals surface area contributed by atoms with Crippen LogP contribution in [0.25, 0.3) is 0 Å². The molecule has 0 radical (unpaired) electrons. The van der Waals surface area contributed by atoms with Crippen molar-refractivity contribution in [3.8, 4) is 0 Å². The highest BCUT2D eigenvalue weighted by molar-refractivity contribution is 7.92. The van der Waals surface area contributed by atoms with E-state index in [-0.39, 0.29) is 39.5 Å². The van der Waals surface area contributed by atoms with Gasteiger partial charge >= 0.3 is 5.97 Å². The van der Waals surface area contributed by atoms with Gasteiger partial charge in [0.25, 0.3) is 0 Å². The number of carbonyl (C=O) groups is 1. The van der Waals surface area contributed by atoms with E-state index in [4.69, 9.17) is 4.74 Å². The van der Waals surface area contributed by atoms with Gasteiger partial charge in [-0.05, 0) is 158 Å². The first-order valence-electron chi connectivity index (χ1n) is 23.0. The first-order valence-corrected chi connectivity index (χ1v) is 24.7. The second-order valence-electron chi connectivity index (χ2n) is 21.9. The molecule has 2 heterocycles. The van der Waals surface area contributed by atoms with Gasteiger partial charge in [-0.15, -0.1) is 0 Å². The monoisotopic (exact) mass is 797 g/mol. The van der Waals surface area contributed by atoms with E-state index in [1.165, 1.54) is 68.9 Å². The molecule has 2 aliphatic heterocycles. The number of ether oxygens (including phenoxy) is 1. The van der Waals surface area contributed by atoms with Crippen LogP contribution in [-0.2, 0) is 26.0 Å². The number of rotatable bonds is 9. The maximum Gasteiger partial charge on any atom is 0.309 e. The van der Waals surface area contributed by atoms with Gasteiger partial charge in [0.1, 0.15) is 6.61 Å². The Morgan fingerprint density at radius 3 is 2.40 bits per heavy atom. The molecule has 2 bridgehead atoms. The summed E-state index contributed by atoms with van der Waals surface area (Å²) in [5.74, 6) is 3.52. The summed E-state index contributed by atoms with van der Waals surface area (Å²) in [7, 11) is -2.87. The van der Waals surface area contributed by atoms with Crippen molar-refractivity contribution in [3.63, 3.8) is 0 Å². The Kier molecular flexibility index (Phi) is 10.0. The zero-order valence-electron chi connectivity index (χ0n) is 36.1. The molecule has 1 N–H and O–H groups in total. The molecule has 6 nitrogen and oxygen atoms in total. The van der Waals surface area contributed by atoms with E-state index in [2.05, 4.69) is 70.5 Å². The van der Waals surface area contributed by atoms with Gasteiger partial charge < -0.3 is 10.1 Å². The molecule has 12 atom stereocenters. The van der Waals surface area contributed by atoms with Gasteiger partial charge in [0.2, 0.25) is 0 Å². The number of sulfone groups is 1. The van der Waals surface area contributed by atoms with Gasteiger partial charge in [-0.1, -0.05) is 89.3 Å². The molecule has 57 heavy (non-hydrogen) atoms. The molecule has 1 aromatic rings. The summed E-state index contributed by atoms with van der Waals surface area (Å²) in [6.07, 6.45) is 20.0. The van der Waals surface area contributed by atoms with E-state index in [9.17, 15) is 13.2 Å². The van der Waals surface area contributed by atoms with Crippen molar-refractivity contribution in [2.45, 2.75) is 148 Å². The minimum Gasteiger partial charge on any atom is -0.461 e. The summed E-state index contributed by atoms with van der Waals surface area (Å²) >= 11 is 0. The predicted octanol–water partition coefficient (Wildman–Crippen LogP) is 9.86. The van der Waals surface area contributed by atoms with Crippen LogP contribution in [0.5, 0.6) is 0 Å². The largest absolute Gasteiger partial charge is 0.461 e. The third-order valence-corrected chi connectivity index (χ3v) is 21.5. The predicted molar refractivity (Wildman–Crippen MR) is 230 cm³/mol. The molecule has 6 fully saturated rings. The fourth-order valence-electron chi connectivity index (χ4n) is 16.2. The van der Waals surface area contributed by atoms with Crippen LogP contribution in [0, 0.1) is 57.2 Å². The number of nitrogens with one attached hydrogen (secondary N) is 1. The molecule has 8 aliphatic rings. The number of hydrogen-bond acceptors (Lipinski definition) is 6. The number of esters is 1. The Bertz CT molecular complexity index is 1940. The second-order valence-corrected chi connectivity index (χ2v) is 24.3. The Labute approximate surface area is 345 Å². The molecule has 1 aromatic carbocycles. The van der Waals surface area contributed by atoms with Crippen molar-refractivity contribution in [2.24, 2.45) is 57.2 Å². The minimum atomic E-state index is -2.87. The summed E-state index contributed by atoms with van der Waals surface area (Å²) in [5, 5.41) is 4.14. The molecule has 312 valence electrons. The number of benzene rings is 1. The van der Waals surface area contributed by atoms with Crippen LogP contribution in [-0.4, -0.2) is 61.5 Å². The highest BCUT2D eigenvalue weighted by Gasteiger charge is 2.70. The molecule has 0 amide bonds. The average molecular weight is 797 g/mol. The maximum atomic E-state index is 13.1. The zero-order valence-corrected chi connectivity index (χ0v) is 36.9. The van der Waals surface area contributed by atoms with E-state index in [0.717, 1.165) is 50.9 Å². The third-order valence-electron chi connectivity index (χ3n) is 19.3. The van der Waals surface area contributed by atoms with Gasteiger partial charge in [0.15, 0.2) is 9.84 Å². The standard InChI is InChI=1S/C50H72N2O4S/c1-33(2)39-19-24-50(51-27-28-52-30-38-29-37(52)32-57(38,54)55)26-25-48(6)41(44(39)50)17-18-43-47(5)22-20-40(46(3,4)42(47)21-23-49(43,48)7)35-13-15-36(16-14-35)45(53)56-31-34-11-9-8-10-12-34/h8-13,20,36-39,41-44,51H,1,14-19,21-32H2,2-7H3/t36-,37?,38+,39+,41-,42+,43-,44-,47+,48-,49-,50+/m1/s1. The summed E-state index contributed by atoms with van der Waals surface area (Å²) in [6, 6.07) is 10.2. The van der Waals surface area contributed by atoms with Crippen molar-refractivity contribution in [1.82, 2.24) is 10.2 Å². The Morgan fingerprint density at radius 1 is 0.930 bits per heavy atom. The molecule has 1 unspecified atom stereocenters. The molecule has 0 aromatic heterocycles. The van der Waals surface area contributed by atoms with E-state index in [1.54, 1.807) is 5.57 Å². The number of likely N-dealkylation sites (tertiary alicyclic amines) is 1. The normalized spacial score (nSPS) is 44.2. The van der Waals surface area contributed by atoms with Crippen LogP contribution < -0.4 is 5.32 Å². The van der Waals surface area contributed by atoms with Crippen LogP contribution in [0.3, 0.4) is 0 Å². The molecular weight excluding hydrogens is 725 g/mol. The molecule has 2 saturated heterocycles. The molecule has 0 spiro atoms. The highest BCUT2D eigenvalue weighted by Crippen LogP contribution is 2.76. The lowest BCUT2D eigenvalue weighted by atomic mass is 9.33. The quantitative estimate of drug-likeness (QED) is 0.198. The maximum absolute atomic E-state index is 13.1. The lowest BCUT2D eigenvalue weighted by Crippen LogP contribution is -2.68. The average Bonchev–Trinajstić information content (AvgIpc) is 3.85. The fourth-order valence-corrected chi connectivity index (χ4v) is 18.3. The van der Waals surface area contributed by atoms with Gasteiger partial charge in [-0.25, -0.2) is 8.42 Å². The van der Waals surface area contributed by atoms with Crippen molar-refractivity contribution in [3.05, 3.63) is 71.3 Å². The van der Waals surface area contributed by atoms with E-state index >= 15 is 0 Å². The smallest absolute Gasteiger partial charge is 0.309 e. The lowest BCUT2D eigenvalue weighted by molar-refractivity contribution is -0.221. The van der Waals surface area contributed by atoms with Crippen LogP contribution in [0.4, 0.5) is 0 Å². The molecule has 7 heteroatoms. The molecular formula is C50H72N2O4S. The number of fused-ring (bicyclic) bond motifs is 9. The minimum absolute atomic E-state index is 0.0450. The van der Waals surface area contributed by atoms with Gasteiger partial charge in [0, 0.05) is 31.2 Å². The third kappa shape index (κ3) is 6.26. The first-order chi connectivity index (χ1) is 27.0. The van der Waals surface area contributed by atoms with E-state index < -0.39 is 9.84 Å². The van der Waals surface area contributed by atoms with E-state index in [1.807, 2.05) is 30.3 Å². The number of carbonyl (C=O) groups excluding carboxylic acids is 1. The van der Waals surface area contributed by atoms with Crippen LogP contribution in [0.15, 0.2) is 65.8 Å². The lowest BCUT2D eigenvalue weighted by Gasteiger charge is -2.72. The molecule has 9 rings (SSSR count). The molecule has 6 aliphatic carbocycles. The van der Waals surface area contributed by atoms with Gasteiger partial charge in [-0.3, -0.25) is 9.69 Å². The van der Waals surface area contributed by atoms with Gasteiger partial charge in [-0.2, -0.15) is 0 Å². The van der Waals surface area contributed by atoms with Gasteiger partial charge in [0.05, 0.1) is 16.9 Å². The SMILES string of the molecule is C=C(C)[C@@H]1CC[C@]2(NCCN3C[C@@H]4CC3CS4(=O)=O)CC[C@]3(C)[C@H](CC[C@@H]4[C@@]5(C)CC=C(C6=CC[C@@H](C(=O)OCc7ccccc7)CC6)C(C)(C)[C@@H]5CC[C@]43C)[C@@H]12. The van der Waals surface area contributed by atoms with Crippen molar-refractivity contribution < 1.29 is 17.9 Å². The highest BCUT2D eigenvalue weighted by atomic mass is 32.2. The Balaban J connectivity index is 0.908. The Hall–Kier alpha value is -2.22. The van der Waals surface area contributed by atoms with Crippen LogP contribution >= 0.6 is 0 Å². The molecule has 4 saturated carbocycles. The Morgan fingerprint density at radius 2 is 1.72 bits per heavy atom. The van der Waals surface area contributed by atoms with Crippen molar-refractivity contribution >= 4 is 15.8 Å². The topological polar surface area (TPSA) is 75.7 Å². The summed E-state index contributed by atoms with van der Waals surface area (Å²) < 4.78 is 30.7. The number of hydrogen-bond donors (Lipinski definition) is 1.